The van der Waals surface area contributed by atoms with E-state index < -0.39 is 35.0 Å². The first-order chi connectivity index (χ1) is 14.0. The summed E-state index contributed by atoms with van der Waals surface area (Å²) in [6, 6.07) is 12.5. The first-order valence-corrected chi connectivity index (χ1v) is 8.67. The fourth-order valence-electron chi connectivity index (χ4n) is 2.57. The van der Waals surface area contributed by atoms with Gasteiger partial charge in [-0.3, -0.25) is 14.6 Å². The lowest BCUT2D eigenvalue weighted by atomic mass is 10.1. The maximum atomic E-state index is 13.7. The van der Waals surface area contributed by atoms with Crippen LogP contribution >= 0.6 is 0 Å². The zero-order chi connectivity index (χ0) is 20.8. The van der Waals surface area contributed by atoms with Crippen LogP contribution in [0.1, 0.15) is 26.3 Å². The van der Waals surface area contributed by atoms with E-state index >= 15 is 0 Å². The van der Waals surface area contributed by atoms with Gasteiger partial charge in [-0.15, -0.1) is 0 Å². The lowest BCUT2D eigenvalue weighted by molar-refractivity contribution is 0.0953. The largest absolute Gasteiger partial charge is 0.352 e. The highest BCUT2D eigenvalue weighted by molar-refractivity contribution is 6.05. The van der Waals surface area contributed by atoms with Crippen LogP contribution in [-0.2, 0) is 6.42 Å². The first-order valence-electron chi connectivity index (χ1n) is 8.67. The highest BCUT2D eigenvalue weighted by atomic mass is 19.2. The smallest absolute Gasteiger partial charge is 0.257 e. The normalized spacial score (nSPS) is 10.4. The van der Waals surface area contributed by atoms with Crippen LogP contribution in [0.2, 0.25) is 0 Å². The summed E-state index contributed by atoms with van der Waals surface area (Å²) < 4.78 is 40.0. The van der Waals surface area contributed by atoms with Crippen LogP contribution in [-0.4, -0.2) is 23.3 Å². The van der Waals surface area contributed by atoms with Gasteiger partial charge in [-0.05, 0) is 30.2 Å². The number of hydrogen-bond acceptors (Lipinski definition) is 3. The van der Waals surface area contributed by atoms with E-state index in [-0.39, 0.29) is 11.1 Å². The summed E-state index contributed by atoms with van der Waals surface area (Å²) in [6.45, 7) is 0.388. The van der Waals surface area contributed by atoms with Crippen molar-refractivity contribution in [3.05, 3.63) is 95.1 Å². The fraction of sp³-hybridized carbons (Fsp3) is 0.0952. The molecular formula is C21H16F3N3O2. The van der Waals surface area contributed by atoms with E-state index in [4.69, 9.17) is 0 Å². The predicted molar refractivity (Wildman–Crippen MR) is 101 cm³/mol. The number of halogens is 3. The predicted octanol–water partition coefficient (Wildman–Crippen LogP) is 3.72. The second kappa shape index (κ2) is 9.01. The van der Waals surface area contributed by atoms with Crippen molar-refractivity contribution in [3.63, 3.8) is 0 Å². The molecular weight excluding hydrogens is 383 g/mol. The van der Waals surface area contributed by atoms with Crippen LogP contribution in [0.4, 0.5) is 18.9 Å². The van der Waals surface area contributed by atoms with Crippen molar-refractivity contribution in [1.82, 2.24) is 10.3 Å². The molecule has 0 aliphatic carbocycles. The third kappa shape index (κ3) is 4.98. The average molecular weight is 399 g/mol. The second-order valence-electron chi connectivity index (χ2n) is 6.13. The Morgan fingerprint density at radius 2 is 1.55 bits per heavy atom. The summed E-state index contributed by atoms with van der Waals surface area (Å²) >= 11 is 0. The van der Waals surface area contributed by atoms with E-state index in [1.807, 2.05) is 30.3 Å². The molecule has 0 atom stereocenters. The van der Waals surface area contributed by atoms with Gasteiger partial charge in [0.15, 0.2) is 17.5 Å². The number of anilines is 1. The van der Waals surface area contributed by atoms with Gasteiger partial charge in [0.05, 0.1) is 16.8 Å². The number of nitrogens with one attached hydrogen (secondary N) is 2. The van der Waals surface area contributed by atoms with Crippen LogP contribution in [0.15, 0.2) is 60.9 Å². The number of hydrogen-bond donors (Lipinski definition) is 2. The molecule has 0 bridgehead atoms. The Morgan fingerprint density at radius 3 is 2.28 bits per heavy atom. The van der Waals surface area contributed by atoms with Crippen molar-refractivity contribution in [2.24, 2.45) is 0 Å². The molecule has 1 aromatic heterocycles. The number of carbonyl (C=O) groups excluding carboxylic acids is 2. The molecule has 5 nitrogen and oxygen atoms in total. The first kappa shape index (κ1) is 20.1. The Kier molecular flexibility index (Phi) is 6.23. The number of nitrogens with zero attached hydrogens (tertiary/aromatic N) is 1. The lowest BCUT2D eigenvalue weighted by Crippen LogP contribution is -2.26. The topological polar surface area (TPSA) is 71.1 Å². The number of rotatable bonds is 6. The molecule has 0 saturated carbocycles. The Bertz CT molecular complexity index is 1040. The van der Waals surface area contributed by atoms with Crippen molar-refractivity contribution in [3.8, 4) is 0 Å². The van der Waals surface area contributed by atoms with Gasteiger partial charge >= 0.3 is 0 Å². The van der Waals surface area contributed by atoms with Gasteiger partial charge < -0.3 is 10.6 Å². The molecule has 0 aliphatic heterocycles. The van der Waals surface area contributed by atoms with Crippen molar-refractivity contribution in [2.75, 3.05) is 11.9 Å². The number of pyridine rings is 1. The molecule has 2 N–H and O–H groups in total. The van der Waals surface area contributed by atoms with Gasteiger partial charge in [0, 0.05) is 18.9 Å². The van der Waals surface area contributed by atoms with Crippen molar-refractivity contribution in [1.29, 1.82) is 0 Å². The van der Waals surface area contributed by atoms with Gasteiger partial charge in [-0.25, -0.2) is 13.2 Å². The van der Waals surface area contributed by atoms with E-state index in [9.17, 15) is 22.8 Å². The van der Waals surface area contributed by atoms with E-state index in [1.54, 1.807) is 0 Å². The van der Waals surface area contributed by atoms with Crippen LogP contribution in [0.5, 0.6) is 0 Å². The van der Waals surface area contributed by atoms with Gasteiger partial charge in [-0.2, -0.15) is 0 Å². The maximum Gasteiger partial charge on any atom is 0.257 e. The van der Waals surface area contributed by atoms with Crippen molar-refractivity contribution < 1.29 is 22.8 Å². The number of aromatic nitrogens is 1. The Morgan fingerprint density at radius 1 is 0.862 bits per heavy atom. The zero-order valence-electron chi connectivity index (χ0n) is 15.1. The molecule has 0 aliphatic rings. The van der Waals surface area contributed by atoms with Crippen LogP contribution in [0.25, 0.3) is 0 Å². The molecule has 0 unspecified atom stereocenters. The maximum absolute atomic E-state index is 13.7. The second-order valence-corrected chi connectivity index (χ2v) is 6.13. The quantitative estimate of drug-likeness (QED) is 0.621. The Balaban J connectivity index is 1.64. The van der Waals surface area contributed by atoms with Crippen LogP contribution < -0.4 is 10.6 Å². The summed E-state index contributed by atoms with van der Waals surface area (Å²) in [5.74, 6) is -5.81. The molecule has 0 radical (unpaired) electrons. The highest BCUT2D eigenvalue weighted by Gasteiger charge is 2.17. The fourth-order valence-corrected chi connectivity index (χ4v) is 2.57. The standard InChI is InChI=1S/C21H16F3N3O2/c22-16-6-7-17(19(24)18(16)23)27-21(29)15-10-14(11-25-12-15)20(28)26-9-8-13-4-2-1-3-5-13/h1-7,10-12H,8-9H2,(H,26,28)(H,27,29). The molecule has 3 rings (SSSR count). The Hall–Kier alpha value is -3.68. The molecule has 3 aromatic rings. The molecule has 0 spiro atoms. The molecule has 1 heterocycles. The van der Waals surface area contributed by atoms with E-state index in [2.05, 4.69) is 15.6 Å². The third-order valence-corrected chi connectivity index (χ3v) is 4.09. The van der Waals surface area contributed by atoms with E-state index in [0.717, 1.165) is 11.6 Å². The summed E-state index contributed by atoms with van der Waals surface area (Å²) in [5.41, 5.74) is 0.639. The van der Waals surface area contributed by atoms with Gasteiger partial charge in [0.2, 0.25) is 0 Å². The minimum atomic E-state index is -1.69. The van der Waals surface area contributed by atoms with Gasteiger partial charge in [0.1, 0.15) is 0 Å². The van der Waals surface area contributed by atoms with Gasteiger partial charge in [-0.1, -0.05) is 30.3 Å². The molecule has 0 saturated heterocycles. The van der Waals surface area contributed by atoms with Crippen molar-refractivity contribution in [2.45, 2.75) is 6.42 Å². The summed E-state index contributed by atoms with van der Waals surface area (Å²) in [7, 11) is 0. The molecule has 29 heavy (non-hydrogen) atoms. The number of amides is 2. The molecule has 2 amide bonds. The monoisotopic (exact) mass is 399 g/mol. The number of carbonyl (C=O) groups is 2. The molecule has 8 heteroatoms. The molecule has 148 valence electrons. The molecule has 2 aromatic carbocycles. The summed E-state index contributed by atoms with van der Waals surface area (Å²) in [4.78, 5) is 28.4. The van der Waals surface area contributed by atoms with Crippen LogP contribution in [0.3, 0.4) is 0 Å². The summed E-state index contributed by atoms with van der Waals surface area (Å²) in [6.07, 6.45) is 3.09. The highest BCUT2D eigenvalue weighted by Crippen LogP contribution is 2.20. The minimum absolute atomic E-state index is 0.0372. The minimum Gasteiger partial charge on any atom is -0.352 e. The average Bonchev–Trinajstić information content (AvgIpc) is 2.75. The van der Waals surface area contributed by atoms with Crippen molar-refractivity contribution >= 4 is 17.5 Å². The third-order valence-electron chi connectivity index (χ3n) is 4.09. The summed E-state index contributed by atoms with van der Waals surface area (Å²) in [5, 5.41) is 4.86. The van der Waals surface area contributed by atoms with E-state index in [0.29, 0.717) is 19.0 Å². The van der Waals surface area contributed by atoms with E-state index in [1.165, 1.54) is 18.5 Å². The lowest BCUT2D eigenvalue weighted by Gasteiger charge is -2.09. The van der Waals surface area contributed by atoms with Crippen LogP contribution in [0, 0.1) is 17.5 Å². The van der Waals surface area contributed by atoms with Gasteiger partial charge in [0.25, 0.3) is 11.8 Å². The zero-order valence-corrected chi connectivity index (χ0v) is 15.1. The number of benzene rings is 2. The SMILES string of the molecule is O=C(NCCc1ccccc1)c1cncc(C(=O)Nc2ccc(F)c(F)c2F)c1. The Labute approximate surface area is 164 Å². The molecule has 0 fully saturated rings.